The van der Waals surface area contributed by atoms with Gasteiger partial charge in [-0.3, -0.25) is 14.4 Å². The third kappa shape index (κ3) is 4.56. The molecule has 2 rings (SSSR count). The summed E-state index contributed by atoms with van der Waals surface area (Å²) >= 11 is 0. The predicted molar refractivity (Wildman–Crippen MR) is 110 cm³/mol. The van der Waals surface area contributed by atoms with Gasteiger partial charge in [0.1, 0.15) is 0 Å². The highest BCUT2D eigenvalue weighted by atomic mass is 32.2. The van der Waals surface area contributed by atoms with Gasteiger partial charge in [-0.2, -0.15) is 17.9 Å². The van der Waals surface area contributed by atoms with Crippen LogP contribution in [0.15, 0.2) is 40.4 Å². The normalized spacial score (nSPS) is 19.5. The topological polar surface area (TPSA) is 113 Å². The number of hydrogen-bond acceptors (Lipinski definition) is 5. The third-order valence-electron chi connectivity index (χ3n) is 4.99. The van der Waals surface area contributed by atoms with Gasteiger partial charge in [-0.05, 0) is 44.5 Å². The van der Waals surface area contributed by atoms with E-state index in [1.807, 2.05) is 0 Å². The van der Waals surface area contributed by atoms with Crippen LogP contribution in [0.2, 0.25) is 0 Å². The molecule has 0 bridgehead atoms. The number of benzene rings is 1. The van der Waals surface area contributed by atoms with Crippen LogP contribution in [0.5, 0.6) is 0 Å². The zero-order valence-electron chi connectivity index (χ0n) is 18.0. The maximum absolute atomic E-state index is 14.4. The number of ketones is 1. The molecule has 1 aromatic carbocycles. The fraction of sp³-hybridized carbons (Fsp3) is 0.450. The number of nitrogens with zero attached hydrogens (tertiary/aromatic N) is 1. The Labute approximate surface area is 183 Å². The van der Waals surface area contributed by atoms with E-state index in [-0.39, 0.29) is 17.9 Å². The molecule has 0 radical (unpaired) electrons. The Kier molecular flexibility index (Phi) is 7.20. The molecule has 1 aliphatic heterocycles. The van der Waals surface area contributed by atoms with Crippen molar-refractivity contribution in [2.24, 2.45) is 0 Å². The molecule has 1 aromatic rings. The predicted octanol–water partition coefficient (Wildman–Crippen LogP) is 2.73. The number of carbonyl (C=O) groups excluding carboxylic acids is 3. The fourth-order valence-corrected chi connectivity index (χ4v) is 4.89. The van der Waals surface area contributed by atoms with Crippen LogP contribution >= 0.6 is 0 Å². The molecule has 32 heavy (non-hydrogen) atoms. The highest BCUT2D eigenvalue weighted by Gasteiger charge is 2.70. The maximum atomic E-state index is 14.4. The minimum atomic E-state index is -5.43. The summed E-state index contributed by atoms with van der Waals surface area (Å²) in [5, 5.41) is 2.40. The fourth-order valence-electron chi connectivity index (χ4n) is 3.57. The molecular weight excluding hydrogens is 451 g/mol. The number of amides is 2. The number of carbonyl (C=O) groups is 3. The van der Waals surface area contributed by atoms with Crippen LogP contribution in [0.25, 0.3) is 0 Å². The van der Waals surface area contributed by atoms with Crippen molar-refractivity contribution in [3.05, 3.63) is 35.5 Å². The summed E-state index contributed by atoms with van der Waals surface area (Å²) in [4.78, 5) is 36.6. The highest BCUT2D eigenvalue weighted by molar-refractivity contribution is 7.89. The molecule has 0 aliphatic carbocycles. The van der Waals surface area contributed by atoms with Crippen molar-refractivity contribution < 1.29 is 36.0 Å². The summed E-state index contributed by atoms with van der Waals surface area (Å²) in [5.41, 5.74) is -4.71. The number of nitrogens with one attached hydrogen (secondary N) is 2. The molecule has 0 spiro atoms. The number of hydrogen-bond donors (Lipinski definition) is 2. The summed E-state index contributed by atoms with van der Waals surface area (Å²) in [6.07, 6.45) is -4.51. The zero-order chi connectivity index (χ0) is 24.5. The van der Waals surface area contributed by atoms with Gasteiger partial charge in [0, 0.05) is 24.9 Å². The van der Waals surface area contributed by atoms with Gasteiger partial charge in [-0.1, -0.05) is 13.3 Å². The first-order chi connectivity index (χ1) is 14.7. The Morgan fingerprint density at radius 3 is 2.12 bits per heavy atom. The van der Waals surface area contributed by atoms with E-state index < -0.39 is 49.8 Å². The molecule has 0 fully saturated rings. The molecule has 176 valence electrons. The number of alkyl halides is 3. The molecule has 2 N–H and O–H groups in total. The number of Topliss-reactive ketones (excluding diaryl/α,β-unsaturated/α-hetero) is 1. The lowest BCUT2D eigenvalue weighted by molar-refractivity contribution is -0.188. The molecule has 8 nitrogen and oxygen atoms in total. The second-order valence-corrected chi connectivity index (χ2v) is 9.07. The SMILES string of the molecule is CCCCN1C(=O)[C@](NS(=O)(=O)c2ccc(NC(C)=O)cc2)(C(F)(F)F)C(C(C)=O)=C1C. The monoisotopic (exact) mass is 475 g/mol. The van der Waals surface area contributed by atoms with Gasteiger partial charge in [0.2, 0.25) is 21.5 Å². The minimum absolute atomic E-state index is 0.0943. The van der Waals surface area contributed by atoms with Gasteiger partial charge in [-0.25, -0.2) is 8.42 Å². The summed E-state index contributed by atoms with van der Waals surface area (Å²) in [7, 11) is -4.91. The highest BCUT2D eigenvalue weighted by Crippen LogP contribution is 2.45. The molecule has 12 heteroatoms. The second-order valence-electron chi connectivity index (χ2n) is 7.39. The van der Waals surface area contributed by atoms with Crippen LogP contribution in [0, 0.1) is 0 Å². The van der Waals surface area contributed by atoms with Crippen molar-refractivity contribution >= 4 is 33.3 Å². The molecule has 1 atom stereocenters. The molecule has 0 unspecified atom stereocenters. The molecule has 0 saturated carbocycles. The first kappa shape index (κ1) is 25.5. The third-order valence-corrected chi connectivity index (χ3v) is 6.46. The van der Waals surface area contributed by atoms with Crippen molar-refractivity contribution in [1.29, 1.82) is 0 Å². The van der Waals surface area contributed by atoms with Gasteiger partial charge >= 0.3 is 6.18 Å². The van der Waals surface area contributed by atoms with Crippen molar-refractivity contribution in [3.63, 3.8) is 0 Å². The van der Waals surface area contributed by atoms with Gasteiger partial charge < -0.3 is 10.2 Å². The largest absolute Gasteiger partial charge is 0.421 e. The van der Waals surface area contributed by atoms with Crippen LogP contribution in [-0.4, -0.2) is 49.2 Å². The Balaban J connectivity index is 2.61. The Morgan fingerprint density at radius 1 is 1.12 bits per heavy atom. The van der Waals surface area contributed by atoms with E-state index in [1.54, 1.807) is 6.92 Å². The van der Waals surface area contributed by atoms with Gasteiger partial charge in [0.25, 0.3) is 5.91 Å². The van der Waals surface area contributed by atoms with Crippen LogP contribution in [0.1, 0.15) is 40.5 Å². The number of anilines is 1. The van der Waals surface area contributed by atoms with Crippen molar-refractivity contribution in [2.45, 2.75) is 57.1 Å². The minimum Gasteiger partial charge on any atom is -0.326 e. The lowest BCUT2D eigenvalue weighted by Gasteiger charge is -2.33. The van der Waals surface area contributed by atoms with E-state index >= 15 is 0 Å². The van der Waals surface area contributed by atoms with Crippen LogP contribution in [0.4, 0.5) is 18.9 Å². The zero-order valence-corrected chi connectivity index (χ0v) is 18.8. The summed E-state index contributed by atoms with van der Waals surface area (Å²) in [5.74, 6) is -3.07. The molecule has 1 aliphatic rings. The quantitative estimate of drug-likeness (QED) is 0.600. The molecule has 0 aromatic heterocycles. The van der Waals surface area contributed by atoms with E-state index in [4.69, 9.17) is 0 Å². The van der Waals surface area contributed by atoms with E-state index in [2.05, 4.69) is 5.32 Å². The van der Waals surface area contributed by atoms with Crippen molar-refractivity contribution in [1.82, 2.24) is 9.62 Å². The van der Waals surface area contributed by atoms with Crippen LogP contribution < -0.4 is 10.0 Å². The molecule has 1 heterocycles. The molecule has 2 amide bonds. The smallest absolute Gasteiger partial charge is 0.326 e. The maximum Gasteiger partial charge on any atom is 0.421 e. The van der Waals surface area contributed by atoms with E-state index in [0.29, 0.717) is 12.8 Å². The Morgan fingerprint density at radius 2 is 1.69 bits per heavy atom. The average Bonchev–Trinajstić information content (AvgIpc) is 2.87. The summed E-state index contributed by atoms with van der Waals surface area (Å²) in [6, 6.07) is 4.34. The standard InChI is InChI=1S/C20H24F3N3O5S/c1-5-6-11-26-12(2)17(13(3)27)19(18(26)29,20(21,22)23)25-32(30,31)16-9-7-15(8-10-16)24-14(4)28/h7-10,25H,5-6,11H2,1-4H3,(H,24,28)/t19-/m0/s1. The Hall–Kier alpha value is -2.73. The van der Waals surface area contributed by atoms with Gasteiger partial charge in [-0.15, -0.1) is 0 Å². The number of allylic oxidation sites excluding steroid dienone is 1. The molecule has 0 saturated heterocycles. The van der Waals surface area contributed by atoms with E-state index in [9.17, 15) is 36.0 Å². The first-order valence-electron chi connectivity index (χ1n) is 9.71. The van der Waals surface area contributed by atoms with Crippen molar-refractivity contribution in [2.75, 3.05) is 11.9 Å². The number of sulfonamides is 1. The molecular formula is C20H24F3N3O5S. The Bertz CT molecular complexity index is 1060. The van der Waals surface area contributed by atoms with Gasteiger partial charge in [0.15, 0.2) is 5.78 Å². The number of rotatable bonds is 8. The lowest BCUT2D eigenvalue weighted by Crippen LogP contribution is -2.65. The van der Waals surface area contributed by atoms with Gasteiger partial charge in [0.05, 0.1) is 10.5 Å². The number of halogens is 3. The summed E-state index contributed by atoms with van der Waals surface area (Å²) in [6.45, 7) is 4.95. The lowest BCUT2D eigenvalue weighted by atomic mass is 9.88. The first-order valence-corrected chi connectivity index (χ1v) is 11.2. The van der Waals surface area contributed by atoms with Crippen LogP contribution in [-0.2, 0) is 24.4 Å². The number of unbranched alkanes of at least 4 members (excludes halogenated alkanes) is 1. The van der Waals surface area contributed by atoms with E-state index in [1.165, 1.54) is 30.7 Å². The average molecular weight is 475 g/mol. The van der Waals surface area contributed by atoms with E-state index in [0.717, 1.165) is 24.0 Å². The van der Waals surface area contributed by atoms with Crippen LogP contribution in [0.3, 0.4) is 0 Å². The summed E-state index contributed by atoms with van der Waals surface area (Å²) < 4.78 is 70.5. The van der Waals surface area contributed by atoms with Crippen molar-refractivity contribution in [3.8, 4) is 0 Å². The second kappa shape index (κ2) is 9.02.